The van der Waals surface area contributed by atoms with Crippen LogP contribution in [0.1, 0.15) is 52.9 Å². The van der Waals surface area contributed by atoms with Crippen molar-refractivity contribution in [3.8, 4) is 0 Å². The van der Waals surface area contributed by atoms with E-state index in [4.69, 9.17) is 0 Å². The van der Waals surface area contributed by atoms with Crippen LogP contribution in [0.3, 0.4) is 0 Å². The largest absolute Gasteiger partial charge is 0.255 e. The maximum atomic E-state index is 3.46. The number of hydrogen-bond donors (Lipinski definition) is 1. The molecule has 0 spiro atoms. The van der Waals surface area contributed by atoms with E-state index in [9.17, 15) is 0 Å². The zero-order chi connectivity index (χ0) is 9.94. The van der Waals surface area contributed by atoms with Crippen molar-refractivity contribution in [2.24, 2.45) is 0 Å². The van der Waals surface area contributed by atoms with Crippen molar-refractivity contribution < 1.29 is 0 Å². The SMILES string of the molecule is CCCCCN(CC)NCCCC. The first kappa shape index (κ1) is 12.9. The van der Waals surface area contributed by atoms with Gasteiger partial charge in [0.25, 0.3) is 0 Å². The number of hydrogen-bond acceptors (Lipinski definition) is 2. The Bertz CT molecular complexity index is 84.1. The molecule has 1 N–H and O–H groups in total. The molecule has 0 aromatic carbocycles. The van der Waals surface area contributed by atoms with Crippen molar-refractivity contribution in [2.75, 3.05) is 19.6 Å². The van der Waals surface area contributed by atoms with Crippen LogP contribution in [0.25, 0.3) is 0 Å². The summed E-state index contributed by atoms with van der Waals surface area (Å²) in [6.45, 7) is 10.2. The molecule has 0 bridgehead atoms. The van der Waals surface area contributed by atoms with E-state index >= 15 is 0 Å². The summed E-state index contributed by atoms with van der Waals surface area (Å²) in [5.74, 6) is 0. The van der Waals surface area contributed by atoms with Crippen molar-refractivity contribution >= 4 is 0 Å². The van der Waals surface area contributed by atoms with Gasteiger partial charge in [0.2, 0.25) is 0 Å². The maximum absolute atomic E-state index is 3.46. The molecule has 2 heteroatoms. The number of hydrazine groups is 1. The molecule has 0 rings (SSSR count). The highest BCUT2D eigenvalue weighted by Gasteiger charge is 1.98. The van der Waals surface area contributed by atoms with E-state index in [0.717, 1.165) is 13.1 Å². The van der Waals surface area contributed by atoms with E-state index in [1.807, 2.05) is 0 Å². The molecule has 0 aromatic rings. The molecule has 0 radical (unpaired) electrons. The molecule has 80 valence electrons. The first-order valence-electron chi connectivity index (χ1n) is 5.83. The fraction of sp³-hybridized carbons (Fsp3) is 1.00. The predicted molar refractivity (Wildman–Crippen MR) is 59.7 cm³/mol. The van der Waals surface area contributed by atoms with Gasteiger partial charge in [-0.2, -0.15) is 0 Å². The Kier molecular flexibility index (Phi) is 9.94. The van der Waals surface area contributed by atoms with Gasteiger partial charge >= 0.3 is 0 Å². The van der Waals surface area contributed by atoms with Gasteiger partial charge in [-0.3, -0.25) is 5.43 Å². The smallest absolute Gasteiger partial charge is 0.0130 e. The summed E-state index contributed by atoms with van der Waals surface area (Å²) >= 11 is 0. The molecule has 0 amide bonds. The lowest BCUT2D eigenvalue weighted by Gasteiger charge is -2.21. The van der Waals surface area contributed by atoms with Crippen LogP contribution in [0, 0.1) is 0 Å². The van der Waals surface area contributed by atoms with Gasteiger partial charge in [-0.15, -0.1) is 0 Å². The summed E-state index contributed by atoms with van der Waals surface area (Å²) in [4.78, 5) is 0. The van der Waals surface area contributed by atoms with Gasteiger partial charge in [0.05, 0.1) is 0 Å². The molecule has 0 aliphatic rings. The first-order chi connectivity index (χ1) is 6.35. The summed E-state index contributed by atoms with van der Waals surface area (Å²) in [5, 5.41) is 2.34. The van der Waals surface area contributed by atoms with Gasteiger partial charge in [-0.05, 0) is 12.8 Å². The molecule has 13 heavy (non-hydrogen) atoms. The molecule has 0 heterocycles. The van der Waals surface area contributed by atoms with Crippen molar-refractivity contribution in [3.63, 3.8) is 0 Å². The van der Waals surface area contributed by atoms with Gasteiger partial charge < -0.3 is 0 Å². The van der Waals surface area contributed by atoms with Gasteiger partial charge in [0.15, 0.2) is 0 Å². The zero-order valence-corrected chi connectivity index (χ0v) is 9.60. The lowest BCUT2D eigenvalue weighted by atomic mass is 10.2. The van der Waals surface area contributed by atoms with Crippen molar-refractivity contribution in [1.82, 2.24) is 10.4 Å². The van der Waals surface area contributed by atoms with E-state index in [2.05, 4.69) is 31.2 Å². The second kappa shape index (κ2) is 10.0. The number of nitrogens with one attached hydrogen (secondary N) is 1. The van der Waals surface area contributed by atoms with Crippen LogP contribution in [-0.2, 0) is 0 Å². The molecule has 0 aliphatic heterocycles. The Balaban J connectivity index is 3.28. The van der Waals surface area contributed by atoms with Crippen LogP contribution < -0.4 is 5.43 Å². The summed E-state index contributed by atoms with van der Waals surface area (Å²) in [7, 11) is 0. The minimum absolute atomic E-state index is 1.12. The summed E-state index contributed by atoms with van der Waals surface area (Å²) in [6.07, 6.45) is 6.55. The summed E-state index contributed by atoms with van der Waals surface area (Å²) in [6, 6.07) is 0. The van der Waals surface area contributed by atoms with Gasteiger partial charge in [-0.25, -0.2) is 5.01 Å². The van der Waals surface area contributed by atoms with Crippen LogP contribution in [-0.4, -0.2) is 24.6 Å². The third kappa shape index (κ3) is 8.26. The second-order valence-electron chi connectivity index (χ2n) is 3.55. The van der Waals surface area contributed by atoms with Crippen LogP contribution in [0.4, 0.5) is 0 Å². The molecular formula is C11H26N2. The quantitative estimate of drug-likeness (QED) is 0.440. The Hall–Kier alpha value is -0.0800. The van der Waals surface area contributed by atoms with E-state index in [-0.39, 0.29) is 0 Å². The Morgan fingerprint density at radius 3 is 2.15 bits per heavy atom. The van der Waals surface area contributed by atoms with Gasteiger partial charge in [-0.1, -0.05) is 40.0 Å². The number of rotatable bonds is 9. The number of unbranched alkanes of at least 4 members (excludes halogenated alkanes) is 3. The average Bonchev–Trinajstić information content (AvgIpc) is 2.16. The molecule has 0 aliphatic carbocycles. The van der Waals surface area contributed by atoms with E-state index in [1.165, 1.54) is 38.6 Å². The minimum Gasteiger partial charge on any atom is -0.255 e. The molecule has 2 nitrogen and oxygen atoms in total. The maximum Gasteiger partial charge on any atom is 0.0130 e. The summed E-state index contributed by atoms with van der Waals surface area (Å²) < 4.78 is 0. The van der Waals surface area contributed by atoms with Gasteiger partial charge in [0.1, 0.15) is 0 Å². The van der Waals surface area contributed by atoms with Crippen LogP contribution in [0.2, 0.25) is 0 Å². The third-order valence-electron chi connectivity index (χ3n) is 2.28. The fourth-order valence-electron chi connectivity index (χ4n) is 1.32. The second-order valence-corrected chi connectivity index (χ2v) is 3.55. The van der Waals surface area contributed by atoms with Gasteiger partial charge in [0, 0.05) is 19.6 Å². The first-order valence-corrected chi connectivity index (χ1v) is 5.83. The average molecular weight is 186 g/mol. The molecule has 0 aromatic heterocycles. The van der Waals surface area contributed by atoms with Crippen molar-refractivity contribution in [2.45, 2.75) is 52.9 Å². The third-order valence-corrected chi connectivity index (χ3v) is 2.28. The Morgan fingerprint density at radius 1 is 0.923 bits per heavy atom. The lowest BCUT2D eigenvalue weighted by Crippen LogP contribution is -2.39. The molecule has 0 unspecified atom stereocenters. The molecule has 0 atom stereocenters. The molecule has 0 fully saturated rings. The highest BCUT2D eigenvalue weighted by atomic mass is 15.5. The zero-order valence-electron chi connectivity index (χ0n) is 9.60. The van der Waals surface area contributed by atoms with Crippen LogP contribution in [0.15, 0.2) is 0 Å². The summed E-state index contributed by atoms with van der Waals surface area (Å²) in [5.41, 5.74) is 3.46. The molecule has 0 saturated carbocycles. The van der Waals surface area contributed by atoms with E-state index < -0.39 is 0 Å². The lowest BCUT2D eigenvalue weighted by molar-refractivity contribution is 0.193. The monoisotopic (exact) mass is 186 g/mol. The van der Waals surface area contributed by atoms with E-state index in [1.54, 1.807) is 0 Å². The fourth-order valence-corrected chi connectivity index (χ4v) is 1.32. The van der Waals surface area contributed by atoms with E-state index in [0.29, 0.717) is 0 Å². The van der Waals surface area contributed by atoms with Crippen LogP contribution in [0.5, 0.6) is 0 Å². The minimum atomic E-state index is 1.12. The Labute approximate surface area is 83.7 Å². The van der Waals surface area contributed by atoms with Crippen molar-refractivity contribution in [1.29, 1.82) is 0 Å². The molecular weight excluding hydrogens is 160 g/mol. The standard InChI is InChI=1S/C11H26N2/c1-4-7-9-11-13(6-3)12-10-8-5-2/h12H,4-11H2,1-3H3. The highest BCUT2D eigenvalue weighted by Crippen LogP contribution is 1.96. The predicted octanol–water partition coefficient (Wildman–Crippen LogP) is 2.80. The number of nitrogens with zero attached hydrogens (tertiary/aromatic N) is 1. The highest BCUT2D eigenvalue weighted by molar-refractivity contribution is 4.50. The molecule has 0 saturated heterocycles. The van der Waals surface area contributed by atoms with Crippen molar-refractivity contribution in [3.05, 3.63) is 0 Å². The Morgan fingerprint density at radius 2 is 1.62 bits per heavy atom. The normalized spacial score (nSPS) is 11.1. The topological polar surface area (TPSA) is 15.3 Å². The van der Waals surface area contributed by atoms with Crippen LogP contribution >= 0.6 is 0 Å².